The van der Waals surface area contributed by atoms with Gasteiger partial charge in [-0.3, -0.25) is 4.79 Å². The highest BCUT2D eigenvalue weighted by molar-refractivity contribution is 5.79. The summed E-state index contributed by atoms with van der Waals surface area (Å²) in [5.74, 6) is 0.0811. The van der Waals surface area contributed by atoms with E-state index in [0.29, 0.717) is 19.8 Å². The van der Waals surface area contributed by atoms with Gasteiger partial charge in [-0.05, 0) is 32.0 Å². The van der Waals surface area contributed by atoms with Crippen LogP contribution in [0.5, 0.6) is 0 Å². The Morgan fingerprint density at radius 1 is 1.40 bits per heavy atom. The number of nitrogens with zero attached hydrogens (tertiary/aromatic N) is 1. The van der Waals surface area contributed by atoms with Gasteiger partial charge in [-0.1, -0.05) is 23.8 Å². The molecule has 1 saturated heterocycles. The van der Waals surface area contributed by atoms with Crippen LogP contribution in [0.3, 0.4) is 0 Å². The third kappa shape index (κ3) is 3.19. The van der Waals surface area contributed by atoms with E-state index in [-0.39, 0.29) is 17.9 Å². The van der Waals surface area contributed by atoms with Crippen molar-refractivity contribution >= 4 is 5.91 Å². The van der Waals surface area contributed by atoms with Crippen LogP contribution in [0.4, 0.5) is 0 Å². The molecule has 0 spiro atoms. The summed E-state index contributed by atoms with van der Waals surface area (Å²) in [7, 11) is 3.75. The molecular formula is C16H24N2O2. The van der Waals surface area contributed by atoms with E-state index >= 15 is 0 Å². The number of benzene rings is 1. The van der Waals surface area contributed by atoms with Crippen molar-refractivity contribution in [2.24, 2.45) is 5.92 Å². The second-order valence-corrected chi connectivity index (χ2v) is 5.66. The first kappa shape index (κ1) is 15.0. The maximum atomic E-state index is 12.5. The molecule has 20 heavy (non-hydrogen) atoms. The van der Waals surface area contributed by atoms with Gasteiger partial charge in [0.1, 0.15) is 0 Å². The van der Waals surface area contributed by atoms with Crippen LogP contribution in [0, 0.1) is 19.8 Å². The summed E-state index contributed by atoms with van der Waals surface area (Å²) in [6.07, 6.45) is 0. The average Bonchev–Trinajstić information content (AvgIpc) is 2.89. The lowest BCUT2D eigenvalue weighted by atomic mass is 10.0. The van der Waals surface area contributed by atoms with Crippen LogP contribution < -0.4 is 5.32 Å². The van der Waals surface area contributed by atoms with E-state index in [1.54, 1.807) is 4.90 Å². The second kappa shape index (κ2) is 6.37. The molecule has 1 heterocycles. The molecule has 110 valence electrons. The number of likely N-dealkylation sites (N-methyl/N-ethyl adjacent to an activating group) is 1. The predicted octanol–water partition coefficient (Wildman–Crippen LogP) is 1.50. The van der Waals surface area contributed by atoms with E-state index in [0.717, 1.165) is 0 Å². The largest absolute Gasteiger partial charge is 0.379 e. The molecule has 4 nitrogen and oxygen atoms in total. The van der Waals surface area contributed by atoms with Gasteiger partial charge >= 0.3 is 0 Å². The van der Waals surface area contributed by atoms with Crippen LogP contribution in [0.2, 0.25) is 0 Å². The molecule has 0 saturated carbocycles. The first-order chi connectivity index (χ1) is 9.52. The maximum Gasteiger partial charge on any atom is 0.229 e. The number of amides is 1. The molecule has 0 bridgehead atoms. The maximum absolute atomic E-state index is 12.5. The fraction of sp³-hybridized carbons (Fsp3) is 0.562. The molecule has 2 unspecified atom stereocenters. The van der Waals surface area contributed by atoms with Gasteiger partial charge in [0.25, 0.3) is 0 Å². The summed E-state index contributed by atoms with van der Waals surface area (Å²) in [5, 5.41) is 3.16. The highest BCUT2D eigenvalue weighted by atomic mass is 16.5. The number of ether oxygens (including phenoxy) is 1. The Kier molecular flexibility index (Phi) is 4.78. The molecular weight excluding hydrogens is 252 g/mol. The van der Waals surface area contributed by atoms with Gasteiger partial charge in [0.2, 0.25) is 5.91 Å². The van der Waals surface area contributed by atoms with Crippen LogP contribution in [-0.4, -0.2) is 44.2 Å². The summed E-state index contributed by atoms with van der Waals surface area (Å²) in [6, 6.07) is 6.48. The highest BCUT2D eigenvalue weighted by Gasteiger charge is 2.34. The zero-order valence-electron chi connectivity index (χ0n) is 12.8. The molecule has 0 aromatic heterocycles. The Morgan fingerprint density at radius 2 is 2.15 bits per heavy atom. The predicted molar refractivity (Wildman–Crippen MR) is 79.5 cm³/mol. The molecule has 2 rings (SSSR count). The lowest BCUT2D eigenvalue weighted by Gasteiger charge is -2.24. The number of nitrogens with one attached hydrogen (secondary N) is 1. The van der Waals surface area contributed by atoms with Gasteiger partial charge in [-0.2, -0.15) is 0 Å². The van der Waals surface area contributed by atoms with Crippen molar-refractivity contribution in [2.75, 3.05) is 27.3 Å². The van der Waals surface area contributed by atoms with Gasteiger partial charge in [-0.15, -0.1) is 0 Å². The zero-order valence-corrected chi connectivity index (χ0v) is 12.8. The quantitative estimate of drug-likeness (QED) is 0.906. The molecule has 2 atom stereocenters. The molecule has 1 fully saturated rings. The smallest absolute Gasteiger partial charge is 0.229 e. The van der Waals surface area contributed by atoms with Gasteiger partial charge in [0.05, 0.1) is 19.1 Å². The Morgan fingerprint density at radius 3 is 2.80 bits per heavy atom. The van der Waals surface area contributed by atoms with E-state index < -0.39 is 0 Å². The topological polar surface area (TPSA) is 41.6 Å². The van der Waals surface area contributed by atoms with Crippen molar-refractivity contribution in [2.45, 2.75) is 26.4 Å². The number of carbonyl (C=O) groups is 1. The van der Waals surface area contributed by atoms with Crippen molar-refractivity contribution in [3.63, 3.8) is 0 Å². The van der Waals surface area contributed by atoms with Crippen molar-refractivity contribution in [1.29, 1.82) is 0 Å². The lowest BCUT2D eigenvalue weighted by molar-refractivity contribution is -0.135. The fourth-order valence-corrected chi connectivity index (χ4v) is 2.72. The molecule has 1 amide bonds. The summed E-state index contributed by atoms with van der Waals surface area (Å²) < 4.78 is 5.41. The van der Waals surface area contributed by atoms with E-state index in [1.165, 1.54) is 16.7 Å². The van der Waals surface area contributed by atoms with Crippen LogP contribution in [0.25, 0.3) is 0 Å². The van der Waals surface area contributed by atoms with Crippen LogP contribution in [0.1, 0.15) is 16.7 Å². The summed E-state index contributed by atoms with van der Waals surface area (Å²) >= 11 is 0. The third-order valence-electron chi connectivity index (χ3n) is 4.05. The number of rotatable bonds is 4. The summed E-state index contributed by atoms with van der Waals surface area (Å²) in [5.41, 5.74) is 3.68. The van der Waals surface area contributed by atoms with Gasteiger partial charge < -0.3 is 15.0 Å². The molecule has 1 aromatic carbocycles. The fourth-order valence-electron chi connectivity index (χ4n) is 2.72. The molecule has 1 N–H and O–H groups in total. The van der Waals surface area contributed by atoms with Gasteiger partial charge in [0, 0.05) is 19.6 Å². The van der Waals surface area contributed by atoms with E-state index in [4.69, 9.17) is 4.74 Å². The van der Waals surface area contributed by atoms with E-state index in [1.807, 2.05) is 14.1 Å². The van der Waals surface area contributed by atoms with Gasteiger partial charge in [0.15, 0.2) is 0 Å². The molecule has 1 aliphatic heterocycles. The highest BCUT2D eigenvalue weighted by Crippen LogP contribution is 2.18. The number of aryl methyl sites for hydroxylation is 2. The van der Waals surface area contributed by atoms with Crippen molar-refractivity contribution in [1.82, 2.24) is 10.2 Å². The number of hydrogen-bond acceptors (Lipinski definition) is 3. The standard InChI is InChI=1S/C16H24N2O2/c1-11-5-6-13(12(2)7-11)8-18(4)16(19)14-9-20-10-15(14)17-3/h5-7,14-15,17H,8-10H2,1-4H3. The molecule has 4 heteroatoms. The minimum absolute atomic E-state index is 0.0734. The number of carbonyl (C=O) groups excluding carboxylic acids is 1. The Labute approximate surface area is 121 Å². The Balaban J connectivity index is 2.04. The molecule has 1 aliphatic rings. The third-order valence-corrected chi connectivity index (χ3v) is 4.05. The van der Waals surface area contributed by atoms with Crippen LogP contribution >= 0.6 is 0 Å². The minimum atomic E-state index is -0.0734. The summed E-state index contributed by atoms with van der Waals surface area (Å²) in [4.78, 5) is 14.3. The minimum Gasteiger partial charge on any atom is -0.379 e. The first-order valence-electron chi connectivity index (χ1n) is 7.09. The Hall–Kier alpha value is -1.39. The van der Waals surface area contributed by atoms with Gasteiger partial charge in [-0.25, -0.2) is 0 Å². The Bertz CT molecular complexity index is 487. The zero-order chi connectivity index (χ0) is 14.7. The molecule has 0 aliphatic carbocycles. The van der Waals surface area contributed by atoms with Crippen molar-refractivity contribution in [3.05, 3.63) is 34.9 Å². The SMILES string of the molecule is CNC1COCC1C(=O)N(C)Cc1ccc(C)cc1C. The monoisotopic (exact) mass is 276 g/mol. The molecule has 1 aromatic rings. The van der Waals surface area contributed by atoms with Crippen LogP contribution in [0.15, 0.2) is 18.2 Å². The first-order valence-corrected chi connectivity index (χ1v) is 7.09. The second-order valence-electron chi connectivity index (χ2n) is 5.66. The normalized spacial score (nSPS) is 22.0. The molecule has 0 radical (unpaired) electrons. The van der Waals surface area contributed by atoms with E-state index in [2.05, 4.69) is 37.4 Å². The van der Waals surface area contributed by atoms with Crippen molar-refractivity contribution in [3.8, 4) is 0 Å². The lowest BCUT2D eigenvalue weighted by Crippen LogP contribution is -2.43. The van der Waals surface area contributed by atoms with Crippen molar-refractivity contribution < 1.29 is 9.53 Å². The van der Waals surface area contributed by atoms with Crippen LogP contribution in [-0.2, 0) is 16.1 Å². The summed E-state index contributed by atoms with van der Waals surface area (Å²) in [6.45, 7) is 5.96. The average molecular weight is 276 g/mol. The number of hydrogen-bond donors (Lipinski definition) is 1. The van der Waals surface area contributed by atoms with E-state index in [9.17, 15) is 4.79 Å².